The maximum Gasteiger partial charge on any atom is 0.247 e. The van der Waals surface area contributed by atoms with Gasteiger partial charge in [-0.1, -0.05) is 18.2 Å². The summed E-state index contributed by atoms with van der Waals surface area (Å²) in [6.45, 7) is 7.68. The highest BCUT2D eigenvalue weighted by atomic mass is 35.5. The van der Waals surface area contributed by atoms with Gasteiger partial charge in [0.05, 0.1) is 11.7 Å². The predicted octanol–water partition coefficient (Wildman–Crippen LogP) is 4.69. The number of anilines is 4. The van der Waals surface area contributed by atoms with E-state index in [1.165, 1.54) is 11.8 Å². The van der Waals surface area contributed by atoms with E-state index in [2.05, 4.69) is 56.2 Å². The number of carbonyl (C=O) groups is 1. The molecule has 0 aliphatic carbocycles. The lowest BCUT2D eigenvalue weighted by Gasteiger charge is -2.34. The fraction of sp³-hybridized carbons (Fsp3) is 0.192. The molecule has 1 amide bonds. The van der Waals surface area contributed by atoms with Crippen molar-refractivity contribution in [3.05, 3.63) is 78.6 Å². The zero-order valence-electron chi connectivity index (χ0n) is 19.4. The SMILES string of the molecule is C=CC(=O)Nc1ccc2c(ccn2-c2nc(Nc3ccc(N4CCN(C)CC4)cc3)ncc2Cl)c1. The molecular formula is C26H26ClN7O. The monoisotopic (exact) mass is 487 g/mol. The lowest BCUT2D eigenvalue weighted by molar-refractivity contribution is -0.111. The van der Waals surface area contributed by atoms with Gasteiger partial charge in [0.2, 0.25) is 11.9 Å². The molecule has 0 saturated carbocycles. The van der Waals surface area contributed by atoms with Crippen LogP contribution in [0.3, 0.4) is 0 Å². The van der Waals surface area contributed by atoms with Crippen molar-refractivity contribution in [2.75, 3.05) is 48.8 Å². The zero-order valence-corrected chi connectivity index (χ0v) is 20.2. The number of carbonyl (C=O) groups excluding carboxylic acids is 1. The van der Waals surface area contributed by atoms with Crippen molar-refractivity contribution in [3.63, 3.8) is 0 Å². The highest BCUT2D eigenvalue weighted by molar-refractivity contribution is 6.32. The summed E-state index contributed by atoms with van der Waals surface area (Å²) in [6, 6.07) is 15.9. The van der Waals surface area contributed by atoms with Crippen molar-refractivity contribution in [1.29, 1.82) is 0 Å². The molecule has 1 fully saturated rings. The predicted molar refractivity (Wildman–Crippen MR) is 142 cm³/mol. The number of aromatic nitrogens is 3. The van der Waals surface area contributed by atoms with E-state index in [0.717, 1.165) is 42.8 Å². The largest absolute Gasteiger partial charge is 0.369 e. The number of nitrogens with one attached hydrogen (secondary N) is 2. The van der Waals surface area contributed by atoms with E-state index in [9.17, 15) is 4.79 Å². The number of benzene rings is 2. The fourth-order valence-corrected chi connectivity index (χ4v) is 4.32. The highest BCUT2D eigenvalue weighted by Gasteiger charge is 2.15. The molecule has 0 bridgehead atoms. The zero-order chi connectivity index (χ0) is 24.4. The lowest BCUT2D eigenvalue weighted by Crippen LogP contribution is -2.44. The molecule has 1 aliphatic rings. The summed E-state index contributed by atoms with van der Waals surface area (Å²) < 4.78 is 1.90. The Morgan fingerprint density at radius 2 is 1.80 bits per heavy atom. The summed E-state index contributed by atoms with van der Waals surface area (Å²) in [5.74, 6) is 0.763. The summed E-state index contributed by atoms with van der Waals surface area (Å²) in [7, 11) is 2.15. The second-order valence-electron chi connectivity index (χ2n) is 8.48. The van der Waals surface area contributed by atoms with Crippen molar-refractivity contribution in [3.8, 4) is 5.82 Å². The highest BCUT2D eigenvalue weighted by Crippen LogP contribution is 2.28. The van der Waals surface area contributed by atoms with E-state index in [1.807, 2.05) is 47.2 Å². The molecule has 2 N–H and O–H groups in total. The maximum absolute atomic E-state index is 11.6. The van der Waals surface area contributed by atoms with Crippen LogP contribution in [-0.4, -0.2) is 58.6 Å². The first kappa shape index (κ1) is 22.9. The van der Waals surface area contributed by atoms with Crippen LogP contribution in [0.4, 0.5) is 23.0 Å². The Morgan fingerprint density at radius 3 is 2.54 bits per heavy atom. The van der Waals surface area contributed by atoms with Gasteiger partial charge in [-0.2, -0.15) is 4.98 Å². The molecule has 1 aliphatic heterocycles. The summed E-state index contributed by atoms with van der Waals surface area (Å²) in [5, 5.41) is 7.43. The molecule has 3 heterocycles. The number of fused-ring (bicyclic) bond motifs is 1. The standard InChI is InChI=1S/C26H26ClN7O/c1-3-24(35)29-20-6-9-23-18(16-20)10-11-34(23)25-22(27)17-28-26(31-25)30-19-4-7-21(8-5-19)33-14-12-32(2)13-15-33/h3-11,16-17H,1,12-15H2,2H3,(H,29,35)(H,28,30,31). The Morgan fingerprint density at radius 1 is 1.06 bits per heavy atom. The molecule has 0 unspecified atom stereocenters. The first-order valence-corrected chi connectivity index (χ1v) is 11.8. The third-order valence-corrected chi connectivity index (χ3v) is 6.36. The first-order valence-electron chi connectivity index (χ1n) is 11.4. The topological polar surface area (TPSA) is 78.3 Å². The summed E-state index contributed by atoms with van der Waals surface area (Å²) in [6.07, 6.45) is 4.73. The van der Waals surface area contributed by atoms with E-state index in [0.29, 0.717) is 22.5 Å². The number of piperazine rings is 1. The van der Waals surface area contributed by atoms with Crippen molar-refractivity contribution in [1.82, 2.24) is 19.4 Å². The van der Waals surface area contributed by atoms with Gasteiger partial charge >= 0.3 is 0 Å². The van der Waals surface area contributed by atoms with E-state index in [4.69, 9.17) is 11.6 Å². The van der Waals surface area contributed by atoms with Crippen LogP contribution in [0.2, 0.25) is 5.02 Å². The van der Waals surface area contributed by atoms with Gasteiger partial charge in [-0.3, -0.25) is 9.36 Å². The third kappa shape index (κ3) is 4.99. The van der Waals surface area contributed by atoms with E-state index < -0.39 is 0 Å². The Hall–Kier alpha value is -3.88. The van der Waals surface area contributed by atoms with Crippen molar-refractivity contribution in [2.24, 2.45) is 0 Å². The van der Waals surface area contributed by atoms with Crippen LogP contribution >= 0.6 is 11.6 Å². The number of hydrogen-bond acceptors (Lipinski definition) is 6. The van der Waals surface area contributed by atoms with Crippen molar-refractivity contribution >= 4 is 51.4 Å². The minimum absolute atomic E-state index is 0.255. The Bertz CT molecular complexity index is 1370. The van der Waals surface area contributed by atoms with Crippen LogP contribution in [0.5, 0.6) is 0 Å². The molecule has 0 atom stereocenters. The molecule has 8 nitrogen and oxygen atoms in total. The lowest BCUT2D eigenvalue weighted by atomic mass is 10.2. The van der Waals surface area contributed by atoms with Crippen LogP contribution in [0, 0.1) is 0 Å². The van der Waals surface area contributed by atoms with Crippen molar-refractivity contribution in [2.45, 2.75) is 0 Å². The van der Waals surface area contributed by atoms with Crippen LogP contribution in [0.25, 0.3) is 16.7 Å². The Labute approximate surface area is 208 Å². The molecule has 1 saturated heterocycles. The smallest absolute Gasteiger partial charge is 0.247 e. The van der Waals surface area contributed by atoms with Crippen LogP contribution < -0.4 is 15.5 Å². The molecule has 2 aromatic carbocycles. The molecular weight excluding hydrogens is 462 g/mol. The van der Waals surface area contributed by atoms with E-state index in [-0.39, 0.29) is 5.91 Å². The van der Waals surface area contributed by atoms with E-state index in [1.54, 1.807) is 6.20 Å². The quantitative estimate of drug-likeness (QED) is 0.384. The van der Waals surface area contributed by atoms with Crippen LogP contribution in [-0.2, 0) is 4.79 Å². The van der Waals surface area contributed by atoms with Gasteiger partial charge in [0, 0.05) is 54.8 Å². The molecule has 0 spiro atoms. The average molecular weight is 488 g/mol. The average Bonchev–Trinajstić information content (AvgIpc) is 3.29. The number of halogens is 1. The Kier molecular flexibility index (Phi) is 6.39. The van der Waals surface area contributed by atoms with E-state index >= 15 is 0 Å². The minimum Gasteiger partial charge on any atom is -0.369 e. The van der Waals surface area contributed by atoms with Gasteiger partial charge in [-0.25, -0.2) is 4.98 Å². The van der Waals surface area contributed by atoms with Crippen molar-refractivity contribution < 1.29 is 4.79 Å². The van der Waals surface area contributed by atoms with Gasteiger partial charge in [0.15, 0.2) is 5.82 Å². The number of rotatable bonds is 6. The van der Waals surface area contributed by atoms with Gasteiger partial charge in [-0.15, -0.1) is 0 Å². The minimum atomic E-state index is -0.255. The number of amides is 1. The van der Waals surface area contributed by atoms with Gasteiger partial charge in [-0.05, 0) is 61.7 Å². The molecule has 9 heteroatoms. The first-order chi connectivity index (χ1) is 17.0. The molecule has 178 valence electrons. The number of nitrogens with zero attached hydrogens (tertiary/aromatic N) is 5. The second-order valence-corrected chi connectivity index (χ2v) is 8.89. The van der Waals surface area contributed by atoms with Gasteiger partial charge in [0.1, 0.15) is 5.02 Å². The summed E-state index contributed by atoms with van der Waals surface area (Å²) >= 11 is 6.48. The summed E-state index contributed by atoms with van der Waals surface area (Å²) in [5.41, 5.74) is 3.71. The molecule has 5 rings (SSSR count). The second kappa shape index (κ2) is 9.77. The molecule has 0 radical (unpaired) electrons. The van der Waals surface area contributed by atoms with Gasteiger partial charge in [0.25, 0.3) is 0 Å². The van der Waals surface area contributed by atoms with Crippen LogP contribution in [0.1, 0.15) is 0 Å². The third-order valence-electron chi connectivity index (χ3n) is 6.09. The summed E-state index contributed by atoms with van der Waals surface area (Å²) in [4.78, 5) is 25.4. The number of likely N-dealkylation sites (N-methyl/N-ethyl adjacent to an activating group) is 1. The maximum atomic E-state index is 11.6. The van der Waals surface area contributed by atoms with Crippen LogP contribution in [0.15, 0.2) is 73.6 Å². The molecule has 2 aromatic heterocycles. The Balaban J connectivity index is 1.36. The molecule has 4 aromatic rings. The normalized spacial score (nSPS) is 14.2. The number of hydrogen-bond donors (Lipinski definition) is 2. The molecule has 35 heavy (non-hydrogen) atoms. The van der Waals surface area contributed by atoms with Gasteiger partial charge < -0.3 is 20.4 Å². The fourth-order valence-electron chi connectivity index (χ4n) is 4.13.